The number of carbonyl (C=O) groups is 1. The Bertz CT molecular complexity index is 929. The van der Waals surface area contributed by atoms with Crippen molar-refractivity contribution in [2.75, 3.05) is 12.4 Å². The summed E-state index contributed by atoms with van der Waals surface area (Å²) in [6.45, 7) is 0.177. The zero-order chi connectivity index (χ0) is 19.2. The lowest BCUT2D eigenvalue weighted by Gasteiger charge is -2.13. The largest absolute Gasteiger partial charge is 0.493 e. The van der Waals surface area contributed by atoms with Gasteiger partial charge in [0.25, 0.3) is 5.91 Å². The molecule has 0 aliphatic heterocycles. The second-order valence-corrected chi connectivity index (χ2v) is 6.36. The summed E-state index contributed by atoms with van der Waals surface area (Å²) in [6, 6.07) is 13.7. The Morgan fingerprint density at radius 1 is 1.07 bits per heavy atom. The number of rotatable bonds is 6. The number of hydrogen-bond donors (Lipinski definition) is 1. The number of hydrogen-bond acceptors (Lipinski definition) is 4. The molecule has 1 amide bonds. The van der Waals surface area contributed by atoms with Crippen molar-refractivity contribution in [3.05, 3.63) is 82.1 Å². The highest BCUT2D eigenvalue weighted by molar-refractivity contribution is 6.35. The van der Waals surface area contributed by atoms with E-state index in [4.69, 9.17) is 32.7 Å². The van der Waals surface area contributed by atoms with Gasteiger partial charge in [-0.2, -0.15) is 0 Å². The van der Waals surface area contributed by atoms with Gasteiger partial charge in [0.15, 0.2) is 11.5 Å². The number of ether oxygens (including phenoxy) is 2. The van der Waals surface area contributed by atoms with E-state index in [0.717, 1.165) is 0 Å². The Kier molecular flexibility index (Phi) is 6.16. The molecule has 1 heterocycles. The topological polar surface area (TPSA) is 60.5 Å². The van der Waals surface area contributed by atoms with Crippen LogP contribution in [0.25, 0.3) is 0 Å². The summed E-state index contributed by atoms with van der Waals surface area (Å²) in [5, 5.41) is 3.81. The van der Waals surface area contributed by atoms with Crippen LogP contribution in [0.1, 0.15) is 15.9 Å². The van der Waals surface area contributed by atoms with E-state index in [-0.39, 0.29) is 12.5 Å². The van der Waals surface area contributed by atoms with Crippen molar-refractivity contribution in [1.29, 1.82) is 0 Å². The number of nitrogens with one attached hydrogen (secondary N) is 1. The predicted molar refractivity (Wildman–Crippen MR) is 106 cm³/mol. The summed E-state index contributed by atoms with van der Waals surface area (Å²) in [6.07, 6.45) is 3.20. The fourth-order valence-electron chi connectivity index (χ4n) is 2.39. The lowest BCUT2D eigenvalue weighted by Crippen LogP contribution is -2.12. The zero-order valence-electron chi connectivity index (χ0n) is 14.4. The van der Waals surface area contributed by atoms with Crippen LogP contribution < -0.4 is 14.8 Å². The molecule has 1 aromatic heterocycles. The molecule has 0 saturated carbocycles. The average molecular weight is 403 g/mol. The fourth-order valence-corrected chi connectivity index (χ4v) is 2.89. The van der Waals surface area contributed by atoms with Crippen molar-refractivity contribution in [2.45, 2.75) is 6.61 Å². The van der Waals surface area contributed by atoms with Crippen molar-refractivity contribution in [3.63, 3.8) is 0 Å². The van der Waals surface area contributed by atoms with Gasteiger partial charge in [0, 0.05) is 27.4 Å². The third-order valence-electron chi connectivity index (χ3n) is 3.78. The molecule has 0 aliphatic carbocycles. The van der Waals surface area contributed by atoms with Crippen molar-refractivity contribution in [1.82, 2.24) is 4.98 Å². The number of pyridine rings is 1. The van der Waals surface area contributed by atoms with Gasteiger partial charge >= 0.3 is 0 Å². The molecule has 0 radical (unpaired) electrons. The van der Waals surface area contributed by atoms with E-state index in [1.807, 2.05) is 0 Å². The van der Waals surface area contributed by atoms with Gasteiger partial charge in [0.2, 0.25) is 0 Å². The van der Waals surface area contributed by atoms with Gasteiger partial charge in [-0.05, 0) is 42.5 Å². The lowest BCUT2D eigenvalue weighted by molar-refractivity contribution is 0.102. The number of nitrogens with zero attached hydrogens (tertiary/aromatic N) is 1. The molecule has 1 N–H and O–H groups in total. The quantitative estimate of drug-likeness (QED) is 0.613. The molecule has 3 aromatic rings. The molecular formula is C20H16Cl2N2O3. The molecule has 0 unspecified atom stereocenters. The second-order valence-electron chi connectivity index (χ2n) is 5.55. The maximum atomic E-state index is 12.4. The van der Waals surface area contributed by atoms with E-state index in [2.05, 4.69) is 10.3 Å². The highest BCUT2D eigenvalue weighted by atomic mass is 35.5. The van der Waals surface area contributed by atoms with Gasteiger partial charge in [0.05, 0.1) is 19.0 Å². The van der Waals surface area contributed by atoms with E-state index >= 15 is 0 Å². The van der Waals surface area contributed by atoms with Crippen LogP contribution in [-0.2, 0) is 6.61 Å². The first-order valence-electron chi connectivity index (χ1n) is 8.03. The van der Waals surface area contributed by atoms with Crippen molar-refractivity contribution < 1.29 is 14.3 Å². The summed E-state index contributed by atoms with van der Waals surface area (Å²) in [5.41, 5.74) is 1.72. The molecule has 0 saturated heterocycles. The molecule has 138 valence electrons. The van der Waals surface area contributed by atoms with Crippen LogP contribution >= 0.6 is 23.2 Å². The Morgan fingerprint density at radius 2 is 1.85 bits per heavy atom. The summed E-state index contributed by atoms with van der Waals surface area (Å²) in [7, 11) is 1.51. The van der Waals surface area contributed by atoms with Gasteiger partial charge in [0.1, 0.15) is 6.61 Å². The Balaban J connectivity index is 1.75. The van der Waals surface area contributed by atoms with Crippen LogP contribution in [0.4, 0.5) is 5.69 Å². The fraction of sp³-hybridized carbons (Fsp3) is 0.100. The van der Waals surface area contributed by atoms with Crippen LogP contribution in [-0.4, -0.2) is 18.0 Å². The molecule has 0 aliphatic rings. The first-order valence-corrected chi connectivity index (χ1v) is 8.79. The molecule has 27 heavy (non-hydrogen) atoms. The van der Waals surface area contributed by atoms with E-state index in [1.54, 1.807) is 60.9 Å². The molecule has 3 rings (SSSR count). The molecule has 2 aromatic carbocycles. The molecule has 7 heteroatoms. The first-order chi connectivity index (χ1) is 13.1. The number of aromatic nitrogens is 1. The van der Waals surface area contributed by atoms with Crippen molar-refractivity contribution in [2.24, 2.45) is 0 Å². The molecule has 0 spiro atoms. The lowest BCUT2D eigenvalue weighted by atomic mass is 10.2. The standard InChI is InChI=1S/C20H16Cl2N2O3/c1-26-19-10-13(20(25)24-14-4-3-9-23-11-14)7-8-18(19)27-12-15-16(21)5-2-6-17(15)22/h2-11H,12H2,1H3,(H,24,25). The molecule has 0 fully saturated rings. The number of anilines is 1. The molecular weight excluding hydrogens is 387 g/mol. The van der Waals surface area contributed by atoms with Crippen LogP contribution in [0.15, 0.2) is 60.9 Å². The van der Waals surface area contributed by atoms with Gasteiger partial charge in [-0.1, -0.05) is 29.3 Å². The summed E-state index contributed by atoms with van der Waals surface area (Å²) < 4.78 is 11.1. The maximum absolute atomic E-state index is 12.4. The minimum Gasteiger partial charge on any atom is -0.493 e. The summed E-state index contributed by atoms with van der Waals surface area (Å²) in [5.74, 6) is 0.630. The van der Waals surface area contributed by atoms with Crippen LogP contribution in [0, 0.1) is 0 Å². The molecule has 5 nitrogen and oxygen atoms in total. The Labute approximate surface area is 166 Å². The van der Waals surface area contributed by atoms with Crippen LogP contribution in [0.2, 0.25) is 10.0 Å². The van der Waals surface area contributed by atoms with E-state index < -0.39 is 0 Å². The first kappa shape index (κ1) is 19.0. The predicted octanol–water partition coefficient (Wildman–Crippen LogP) is 5.23. The zero-order valence-corrected chi connectivity index (χ0v) is 15.9. The summed E-state index contributed by atoms with van der Waals surface area (Å²) >= 11 is 12.3. The molecule has 0 atom stereocenters. The van der Waals surface area contributed by atoms with Crippen LogP contribution in [0.3, 0.4) is 0 Å². The van der Waals surface area contributed by atoms with Gasteiger partial charge < -0.3 is 14.8 Å². The van der Waals surface area contributed by atoms with E-state index in [9.17, 15) is 4.79 Å². The third kappa shape index (κ3) is 4.70. The number of halogens is 2. The third-order valence-corrected chi connectivity index (χ3v) is 4.49. The monoisotopic (exact) mass is 402 g/mol. The normalized spacial score (nSPS) is 10.3. The minimum absolute atomic E-state index is 0.177. The average Bonchev–Trinajstić information content (AvgIpc) is 2.68. The second kappa shape index (κ2) is 8.75. The number of methoxy groups -OCH3 is 1. The minimum atomic E-state index is -0.276. The highest BCUT2D eigenvalue weighted by Crippen LogP contribution is 2.31. The number of benzene rings is 2. The summed E-state index contributed by atoms with van der Waals surface area (Å²) in [4.78, 5) is 16.4. The SMILES string of the molecule is COc1cc(C(=O)Nc2cccnc2)ccc1OCc1c(Cl)cccc1Cl. The Morgan fingerprint density at radius 3 is 2.52 bits per heavy atom. The van der Waals surface area contributed by atoms with Gasteiger partial charge in [-0.15, -0.1) is 0 Å². The van der Waals surface area contributed by atoms with Crippen molar-refractivity contribution in [3.8, 4) is 11.5 Å². The highest BCUT2D eigenvalue weighted by Gasteiger charge is 2.13. The van der Waals surface area contributed by atoms with Gasteiger partial charge in [-0.25, -0.2) is 0 Å². The molecule has 0 bridgehead atoms. The number of carbonyl (C=O) groups excluding carboxylic acids is 1. The van der Waals surface area contributed by atoms with Crippen LogP contribution in [0.5, 0.6) is 11.5 Å². The van der Waals surface area contributed by atoms with E-state index in [0.29, 0.717) is 38.4 Å². The number of amides is 1. The maximum Gasteiger partial charge on any atom is 0.255 e. The smallest absolute Gasteiger partial charge is 0.255 e. The van der Waals surface area contributed by atoms with Gasteiger partial charge in [-0.3, -0.25) is 9.78 Å². The Hall–Kier alpha value is -2.76. The van der Waals surface area contributed by atoms with E-state index in [1.165, 1.54) is 7.11 Å². The van der Waals surface area contributed by atoms with Crippen molar-refractivity contribution >= 4 is 34.8 Å².